The second-order valence-electron chi connectivity index (χ2n) is 0. The van der Waals surface area contributed by atoms with E-state index in [1.165, 1.54) is 0 Å². The van der Waals surface area contributed by atoms with Crippen molar-refractivity contribution < 1.29 is 25.7 Å². The van der Waals surface area contributed by atoms with Gasteiger partial charge in [0.05, 0.1) is 3.84 Å². The summed E-state index contributed by atoms with van der Waals surface area (Å²) in [4.78, 5) is 0. The van der Waals surface area contributed by atoms with Gasteiger partial charge in [0.15, 0.2) is 0 Å². The van der Waals surface area contributed by atoms with Crippen molar-refractivity contribution in [3.8, 4) is 0 Å². The lowest BCUT2D eigenvalue weighted by Crippen LogP contribution is 0.143. The van der Waals surface area contributed by atoms with E-state index in [2.05, 4.69) is 0 Å². The highest BCUT2D eigenvalue weighted by Gasteiger charge is -0.0705. The van der Waals surface area contributed by atoms with E-state index in [1.54, 1.807) is 0 Å². The molecule has 0 unspecified atom stereocenters. The van der Waals surface area contributed by atoms with Gasteiger partial charge in [-0.25, -0.2) is 0 Å². The van der Waals surface area contributed by atoms with Gasteiger partial charge in [-0.15, -0.1) is 0 Å². The number of rotatable bonds is 0. The summed E-state index contributed by atoms with van der Waals surface area (Å²) in [5.74, 6) is 0. The van der Waals surface area contributed by atoms with Crippen LogP contribution >= 0.6 is 9.73 Å². The normalized spacial score (nSPS) is 4.33. The third-order valence-corrected chi connectivity index (χ3v) is 0. The Kier molecular flexibility index (Phi) is 15900. The van der Waals surface area contributed by atoms with E-state index in [0.717, 1.165) is 0 Å². The lowest BCUT2D eigenvalue weighted by molar-refractivity contribution is 2.50. The molecule has 0 spiro atoms. The molecule has 0 amide bonds. The van der Waals surface area contributed by atoms with Crippen LogP contribution in [0.1, 0.15) is 85.1 Å². The van der Waals surface area contributed by atoms with Crippen molar-refractivity contribution in [3.05, 3.63) is 0 Å². The second-order valence-corrected chi connectivity index (χ2v) is 0. The number of hydrogen-bond acceptors (Lipinski definition) is 0. The summed E-state index contributed by atoms with van der Waals surface area (Å²) in [5, 5.41) is 0. The van der Waals surface area contributed by atoms with Crippen molar-refractivity contribution in [2.45, 2.75) is 59.4 Å². The molecular weight excluding hydrogens is 127 g/mol. The van der Waals surface area contributed by atoms with E-state index in [1.807, 2.05) is 0 Å². The summed E-state index contributed by atoms with van der Waals surface area (Å²) in [6, 6.07) is 0. The van der Waals surface area contributed by atoms with Gasteiger partial charge in [-0.3, -0.25) is 0 Å². The molecule has 0 nitrogen and oxygen atoms in total. The molecule has 0 fully saturated rings. The van der Waals surface area contributed by atoms with E-state index >= 15 is 0 Å². The molecule has 1 heteroatoms. The Morgan fingerprint density at radius 2 is 0.667 bits per heavy atom. The van der Waals surface area contributed by atoms with Crippen molar-refractivity contribution in [3.63, 3.8) is 0 Å². The van der Waals surface area contributed by atoms with Crippen LogP contribution in [0.25, 0.3) is 0 Å². The van der Waals surface area contributed by atoms with Crippen molar-refractivity contribution >= 4 is 9.73 Å². The van der Waals surface area contributed by atoms with Crippen molar-refractivity contribution in [1.82, 2.24) is 0 Å². The van der Waals surface area contributed by atoms with Gasteiger partial charge in [0.25, 0.3) is 0 Å². The van der Waals surface area contributed by atoms with Crippen LogP contribution in [-0.4, -0.2) is 3.84 Å². The molecule has 0 aromatic heterocycles. The highest BCUT2D eigenvalue weighted by Crippen LogP contribution is 0.861. The topological polar surface area (TPSA) is 0 Å². The molecule has 9 heavy (non-hydrogen) atoms. The zero-order valence-corrected chi connectivity index (χ0v) is 1.34. The molecule has 0 aliphatic carbocycles. The fraction of sp³-hybridized carbons (Fsp3) is 1.00. The average molecular weight is 241 g/mol. The van der Waals surface area contributed by atoms with E-state index in [9.17, 15) is 0 Å². The molecule has 0 aliphatic rings. The minimum atomic E-state index is -1.87. The Hall–Kier alpha value is 0.430. The largest absolute Gasteiger partial charge is 0.153 e. The second kappa shape index (κ2) is 2520. The quantitative estimate of drug-likeness (QED) is 0.370. The van der Waals surface area contributed by atoms with E-state index in [4.69, 9.17) is 3.84 Å². The third kappa shape index (κ3) is 1890. The minimum absolute atomic E-state index is 0. The predicted octanol–water partition coefficient (Wildman–Crippen LogP) is 9.57. The van der Waals surface area contributed by atoms with Crippen LogP contribution in [0.3, 0.4) is 0 Å². The van der Waals surface area contributed by atoms with Gasteiger partial charge in [-0.1, -0.05) is 59.4 Å². The van der Waals surface area contributed by atoms with Crippen LogP contribution < -0.4 is 0 Å². The summed E-state index contributed by atoms with van der Waals surface area (Å²) in [6.45, 7) is 0. The zero-order valence-electron chi connectivity index (χ0n) is 3.45. The van der Waals surface area contributed by atoms with Crippen LogP contribution in [-0.2, 0) is 0 Å². The van der Waals surface area contributed by atoms with Crippen molar-refractivity contribution in [1.29, 1.82) is 3.84 Å². The Bertz CT molecular complexity index is 35.7. The predicted molar refractivity (Wildman–Crippen MR) is 103 cm³/mol. The highest BCUT2D eigenvalue weighted by molar-refractivity contribution is 6.92. The van der Waals surface area contributed by atoms with Gasteiger partial charge in [0.2, 0.25) is 0 Å². The third-order valence-electron chi connectivity index (χ3n) is 0. The minimum Gasteiger partial charge on any atom is -0.153 e. The molecule has 0 aromatic rings. The van der Waals surface area contributed by atoms with Crippen LogP contribution in [0.4, 0.5) is 0 Å². The molecule has 0 N–H and O–H groups in total. The summed E-state index contributed by atoms with van der Waals surface area (Å²) >= 11 is 0. The lowest BCUT2D eigenvalue weighted by atomic mass is 12.0. The molecule has 0 saturated carbocycles. The van der Waals surface area contributed by atoms with Gasteiger partial charge in [0.1, 0.15) is 0 Å². The summed E-state index contributed by atoms with van der Waals surface area (Å²) in [7, 11) is -1.87. The maximum absolute atomic E-state index is 5.98. The summed E-state index contributed by atoms with van der Waals surface area (Å²) in [6.07, 6.45) is 0. The van der Waals surface area contributed by atoms with Crippen LogP contribution in [0, 0.1) is 0 Å². The van der Waals surface area contributed by atoms with E-state index in [0.29, 0.717) is 0 Å². The van der Waals surface area contributed by atoms with E-state index in [-0.39, 0.29) is 85.1 Å². The van der Waals surface area contributed by atoms with Crippen molar-refractivity contribution in [2.75, 3.05) is 0 Å². The van der Waals surface area contributed by atoms with Crippen LogP contribution in [0.15, 0.2) is 0 Å². The molecule has 0 aliphatic heterocycles. The summed E-state index contributed by atoms with van der Waals surface area (Å²) < 4.78 is 17.9. The molecule has 0 radical (unpaired) electrons. The lowest BCUT2D eigenvalue weighted by Gasteiger charge is -0.153. The van der Waals surface area contributed by atoms with E-state index < -0.39 is 9.73 Å². The van der Waals surface area contributed by atoms with Crippen LogP contribution in [0.5, 0.6) is 0 Å². The Labute approximate surface area is 101 Å². The molecule has 0 atom stereocenters. The highest BCUT2D eigenvalue weighted by atomic mass is 31.0. The van der Waals surface area contributed by atoms with Crippen molar-refractivity contribution in [2.24, 2.45) is 0 Å². The average Bonchev–Trinajstić information content (AvgIpc) is 0.811. The SMILES string of the molecule is C.C.C.C.C.C.C.C.[3HH].[3HH].[3HH].[3HH].[3HH].[3HH].[3HH].[3HH].[3HH].[3HH].[3HH].[3HH].[3HH].[3HH].[3HH].[3HH].[3HH].[3HH].[3H]P([3H])[3H]. The molecular formula is C8H71P. The van der Waals surface area contributed by atoms with Gasteiger partial charge in [0, 0.05) is 25.7 Å². The molecule has 0 bridgehead atoms. The van der Waals surface area contributed by atoms with Gasteiger partial charge < -0.3 is 0 Å². The molecule has 0 heterocycles. The first kappa shape index (κ1) is 57.0. The zero-order chi connectivity index (χ0) is 3.58. The fourth-order valence-electron chi connectivity index (χ4n) is 0. The van der Waals surface area contributed by atoms with Crippen LogP contribution in [0.2, 0.25) is 0 Å². The summed E-state index contributed by atoms with van der Waals surface area (Å²) in [5.41, 5.74) is 0. The Morgan fingerprint density at radius 1 is 0.667 bits per heavy atom. The Morgan fingerprint density at radius 3 is 0.667 bits per heavy atom. The standard InChI is InChI=1S/8CH4.H3P.18H2/h8*1H4;1H3;18*1H/i;;;;;;;;1T3;18*1+2. The first-order chi connectivity index (χ1) is 1.73. The maximum Gasteiger partial charge on any atom is 0.0511 e. The van der Waals surface area contributed by atoms with Gasteiger partial charge >= 0.3 is 0 Å². The molecule has 0 rings (SSSR count). The first-order valence-corrected chi connectivity index (χ1v) is 0. The maximum atomic E-state index is 5.98. The van der Waals surface area contributed by atoms with Gasteiger partial charge in [-0.2, -0.15) is 9.73 Å². The smallest absolute Gasteiger partial charge is 0.0511 e. The first-order valence-electron chi connectivity index (χ1n) is 1.34. The van der Waals surface area contributed by atoms with Gasteiger partial charge in [-0.05, 0) is 0 Å². The molecule has 108 valence electrons. The fourth-order valence-corrected chi connectivity index (χ4v) is 0. The monoisotopic (exact) mass is 241 g/mol. The number of hydrogen-bond donors (Lipinski definition) is 0. The molecule has 0 saturated heterocycles. The molecule has 0 aromatic carbocycles. The Balaban J connectivity index is -0.000000000138.